The van der Waals surface area contributed by atoms with Crippen molar-refractivity contribution in [2.75, 3.05) is 18.8 Å². The maximum Gasteiger partial charge on any atom is 0.251 e. The first kappa shape index (κ1) is 14.1. The van der Waals surface area contributed by atoms with Crippen molar-refractivity contribution in [3.05, 3.63) is 22.6 Å². The lowest BCUT2D eigenvalue weighted by Gasteiger charge is -2.34. The lowest BCUT2D eigenvalue weighted by molar-refractivity contribution is -0.130. The third kappa shape index (κ3) is 4.09. The van der Waals surface area contributed by atoms with Gasteiger partial charge in [0, 0.05) is 25.4 Å². The van der Waals surface area contributed by atoms with E-state index in [1.165, 1.54) is 30.4 Å². The first-order chi connectivity index (χ1) is 9.04. The Morgan fingerprint density at radius 3 is 2.79 bits per heavy atom. The summed E-state index contributed by atoms with van der Waals surface area (Å²) in [7, 11) is 0. The van der Waals surface area contributed by atoms with Crippen molar-refractivity contribution in [2.24, 2.45) is 11.8 Å². The van der Waals surface area contributed by atoms with Crippen molar-refractivity contribution in [3.8, 4) is 0 Å². The molecule has 1 aliphatic rings. The highest BCUT2D eigenvalue weighted by Gasteiger charge is 2.25. The molecule has 1 aromatic rings. The fourth-order valence-electron chi connectivity index (χ4n) is 2.51. The number of thioether (sulfide) groups is 1. The number of amides is 1. The summed E-state index contributed by atoms with van der Waals surface area (Å²) in [6, 6.07) is 1.36. The largest absolute Gasteiger partial charge is 0.341 e. The topological polar surface area (TPSA) is 66.1 Å². The van der Waals surface area contributed by atoms with Gasteiger partial charge >= 0.3 is 0 Å². The van der Waals surface area contributed by atoms with Gasteiger partial charge in [0.2, 0.25) is 5.91 Å². The number of rotatable bonds is 3. The zero-order valence-corrected chi connectivity index (χ0v) is 12.1. The van der Waals surface area contributed by atoms with E-state index < -0.39 is 0 Å². The van der Waals surface area contributed by atoms with Crippen LogP contribution >= 0.6 is 11.8 Å². The van der Waals surface area contributed by atoms with E-state index in [1.54, 1.807) is 0 Å². The average Bonchev–Trinajstić information content (AvgIpc) is 2.35. The first-order valence-corrected chi connectivity index (χ1v) is 7.49. The van der Waals surface area contributed by atoms with Crippen molar-refractivity contribution in [1.29, 1.82) is 0 Å². The van der Waals surface area contributed by atoms with Gasteiger partial charge in [0.25, 0.3) is 5.56 Å². The predicted octanol–water partition coefficient (Wildman–Crippen LogP) is 1.37. The maximum absolute atomic E-state index is 12.1. The summed E-state index contributed by atoms with van der Waals surface area (Å²) in [5, 5.41) is 0.499. The molecule has 2 atom stereocenters. The Balaban J connectivity index is 1.89. The summed E-state index contributed by atoms with van der Waals surface area (Å²) in [6.07, 6.45) is 2.64. The number of hydrogen-bond acceptors (Lipinski definition) is 4. The second-order valence-corrected chi connectivity index (χ2v) is 6.24. The van der Waals surface area contributed by atoms with Crippen molar-refractivity contribution >= 4 is 17.7 Å². The van der Waals surface area contributed by atoms with Crippen LogP contribution in [0.4, 0.5) is 0 Å². The molecule has 1 saturated heterocycles. The highest BCUT2D eigenvalue weighted by atomic mass is 32.2. The van der Waals surface area contributed by atoms with Gasteiger partial charge < -0.3 is 9.88 Å². The van der Waals surface area contributed by atoms with Gasteiger partial charge in [-0.1, -0.05) is 25.6 Å². The SMILES string of the molecule is C[C@@H]1C[C@H](C)CN(C(=O)CSc2nccc(=O)[nH]2)C1. The molecule has 0 aliphatic carbocycles. The first-order valence-electron chi connectivity index (χ1n) is 6.50. The summed E-state index contributed by atoms with van der Waals surface area (Å²) in [5.74, 6) is 1.57. The number of aromatic nitrogens is 2. The monoisotopic (exact) mass is 281 g/mol. The molecule has 0 unspecified atom stereocenters. The second-order valence-electron chi connectivity index (χ2n) is 5.27. The van der Waals surface area contributed by atoms with E-state index in [0.717, 1.165) is 13.1 Å². The molecule has 0 radical (unpaired) electrons. The average molecular weight is 281 g/mol. The predicted molar refractivity (Wildman–Crippen MR) is 75.1 cm³/mol. The third-order valence-electron chi connectivity index (χ3n) is 3.20. The van der Waals surface area contributed by atoms with Crippen LogP contribution in [-0.4, -0.2) is 39.6 Å². The number of carbonyl (C=O) groups excluding carboxylic acids is 1. The maximum atomic E-state index is 12.1. The number of nitrogens with one attached hydrogen (secondary N) is 1. The van der Waals surface area contributed by atoms with Crippen molar-refractivity contribution < 1.29 is 4.79 Å². The van der Waals surface area contributed by atoms with E-state index in [4.69, 9.17) is 0 Å². The van der Waals surface area contributed by atoms with Crippen LogP contribution in [0.3, 0.4) is 0 Å². The highest BCUT2D eigenvalue weighted by molar-refractivity contribution is 7.99. The number of likely N-dealkylation sites (tertiary alicyclic amines) is 1. The van der Waals surface area contributed by atoms with Crippen LogP contribution in [0.2, 0.25) is 0 Å². The van der Waals surface area contributed by atoms with Gasteiger partial charge in [-0.05, 0) is 18.3 Å². The molecule has 19 heavy (non-hydrogen) atoms. The Morgan fingerprint density at radius 1 is 1.47 bits per heavy atom. The molecule has 0 saturated carbocycles. The van der Waals surface area contributed by atoms with Gasteiger partial charge in [-0.2, -0.15) is 0 Å². The van der Waals surface area contributed by atoms with Crippen LogP contribution in [0.15, 0.2) is 22.2 Å². The molecule has 6 heteroatoms. The van der Waals surface area contributed by atoms with Crippen LogP contribution in [0.1, 0.15) is 20.3 Å². The molecular formula is C13H19N3O2S. The standard InChI is InChI=1S/C13H19N3O2S/c1-9-5-10(2)7-16(6-9)12(18)8-19-13-14-4-3-11(17)15-13/h3-4,9-10H,5-8H2,1-2H3,(H,14,15,17)/t9-,10+. The minimum atomic E-state index is -0.190. The molecule has 2 heterocycles. The summed E-state index contributed by atoms with van der Waals surface area (Å²) in [6.45, 7) is 6.03. The number of nitrogens with zero attached hydrogens (tertiary/aromatic N) is 2. The van der Waals surface area contributed by atoms with E-state index in [-0.39, 0.29) is 11.5 Å². The molecule has 0 bridgehead atoms. The highest BCUT2D eigenvalue weighted by Crippen LogP contribution is 2.22. The molecule has 104 valence electrons. The number of aromatic amines is 1. The van der Waals surface area contributed by atoms with Gasteiger partial charge in [-0.15, -0.1) is 0 Å². The van der Waals surface area contributed by atoms with Gasteiger partial charge in [-0.3, -0.25) is 9.59 Å². The zero-order valence-electron chi connectivity index (χ0n) is 11.3. The summed E-state index contributed by atoms with van der Waals surface area (Å²) < 4.78 is 0. The Labute approximate surface area is 116 Å². The van der Waals surface area contributed by atoms with E-state index in [1.807, 2.05) is 4.90 Å². The Morgan fingerprint density at radius 2 is 2.16 bits per heavy atom. The zero-order chi connectivity index (χ0) is 13.8. The molecular weight excluding hydrogens is 262 g/mol. The molecule has 1 fully saturated rings. The quantitative estimate of drug-likeness (QED) is 0.671. The fraction of sp³-hybridized carbons (Fsp3) is 0.615. The lowest BCUT2D eigenvalue weighted by Crippen LogP contribution is -2.43. The number of H-pyrrole nitrogens is 1. The summed E-state index contributed by atoms with van der Waals surface area (Å²) in [5.41, 5.74) is -0.190. The van der Waals surface area contributed by atoms with Crippen molar-refractivity contribution in [2.45, 2.75) is 25.4 Å². The van der Waals surface area contributed by atoms with E-state index in [2.05, 4.69) is 23.8 Å². The van der Waals surface area contributed by atoms with Crippen molar-refractivity contribution in [3.63, 3.8) is 0 Å². The lowest BCUT2D eigenvalue weighted by atomic mass is 9.92. The normalized spacial score (nSPS) is 23.4. The molecule has 2 rings (SSSR count). The van der Waals surface area contributed by atoms with Gasteiger partial charge in [0.05, 0.1) is 5.75 Å². The Bertz CT molecular complexity index is 493. The minimum Gasteiger partial charge on any atom is -0.341 e. The number of carbonyl (C=O) groups is 1. The van der Waals surface area contributed by atoms with Crippen molar-refractivity contribution in [1.82, 2.24) is 14.9 Å². The molecule has 1 N–H and O–H groups in total. The number of hydrogen-bond donors (Lipinski definition) is 1. The third-order valence-corrected chi connectivity index (χ3v) is 4.07. The fourth-order valence-corrected chi connectivity index (χ4v) is 3.26. The summed E-state index contributed by atoms with van der Waals surface area (Å²) >= 11 is 1.28. The molecule has 0 spiro atoms. The minimum absolute atomic E-state index is 0.120. The van der Waals surface area contributed by atoms with E-state index >= 15 is 0 Å². The summed E-state index contributed by atoms with van der Waals surface area (Å²) in [4.78, 5) is 31.8. The molecule has 1 aromatic heterocycles. The molecule has 5 nitrogen and oxygen atoms in total. The molecule has 0 aromatic carbocycles. The van der Waals surface area contributed by atoms with Crippen LogP contribution < -0.4 is 5.56 Å². The van der Waals surface area contributed by atoms with E-state index in [9.17, 15) is 9.59 Å². The van der Waals surface area contributed by atoms with Crippen LogP contribution in [-0.2, 0) is 4.79 Å². The van der Waals surface area contributed by atoms with Gasteiger partial charge in [-0.25, -0.2) is 4.98 Å². The second kappa shape index (κ2) is 6.23. The smallest absolute Gasteiger partial charge is 0.251 e. The Kier molecular flexibility index (Phi) is 4.63. The molecule has 1 amide bonds. The van der Waals surface area contributed by atoms with Crippen LogP contribution in [0, 0.1) is 11.8 Å². The van der Waals surface area contributed by atoms with E-state index in [0.29, 0.717) is 22.7 Å². The van der Waals surface area contributed by atoms with Crippen LogP contribution in [0.25, 0.3) is 0 Å². The van der Waals surface area contributed by atoms with Gasteiger partial charge in [0.15, 0.2) is 5.16 Å². The Hall–Kier alpha value is -1.30. The van der Waals surface area contributed by atoms with Gasteiger partial charge in [0.1, 0.15) is 0 Å². The number of piperidine rings is 1. The van der Waals surface area contributed by atoms with Crippen LogP contribution in [0.5, 0.6) is 0 Å². The molecule has 1 aliphatic heterocycles.